The molecule has 0 amide bonds. The summed E-state index contributed by atoms with van der Waals surface area (Å²) in [5.74, 6) is 0. The second kappa shape index (κ2) is 7.36. The number of rotatable bonds is 7. The SMILES string of the molecule is CCCCCCCCN1C=CN(C)C1I. The van der Waals surface area contributed by atoms with E-state index < -0.39 is 0 Å². The van der Waals surface area contributed by atoms with E-state index >= 15 is 0 Å². The van der Waals surface area contributed by atoms with Crippen LogP contribution in [0.3, 0.4) is 0 Å². The van der Waals surface area contributed by atoms with E-state index in [-0.39, 0.29) is 0 Å². The van der Waals surface area contributed by atoms with Gasteiger partial charge in [0.15, 0.2) is 4.17 Å². The summed E-state index contributed by atoms with van der Waals surface area (Å²) >= 11 is 2.48. The molecule has 1 aliphatic heterocycles. The van der Waals surface area contributed by atoms with Crippen molar-refractivity contribution in [3.8, 4) is 0 Å². The van der Waals surface area contributed by atoms with Crippen molar-refractivity contribution in [2.75, 3.05) is 13.6 Å². The summed E-state index contributed by atoms with van der Waals surface area (Å²) in [5.41, 5.74) is 0. The third-order valence-corrected chi connectivity index (χ3v) is 4.47. The van der Waals surface area contributed by atoms with Crippen molar-refractivity contribution in [2.45, 2.75) is 49.6 Å². The Morgan fingerprint density at radius 2 is 1.73 bits per heavy atom. The molecule has 0 bridgehead atoms. The van der Waals surface area contributed by atoms with Crippen LogP contribution in [0, 0.1) is 0 Å². The van der Waals surface area contributed by atoms with Crippen molar-refractivity contribution >= 4 is 22.6 Å². The number of hydrogen-bond acceptors (Lipinski definition) is 2. The van der Waals surface area contributed by atoms with Crippen molar-refractivity contribution in [3.05, 3.63) is 12.4 Å². The third-order valence-electron chi connectivity index (χ3n) is 2.87. The van der Waals surface area contributed by atoms with Crippen LogP contribution in [0.4, 0.5) is 0 Å². The van der Waals surface area contributed by atoms with Crippen LogP contribution >= 0.6 is 22.6 Å². The number of hydrogen-bond donors (Lipinski definition) is 0. The minimum Gasteiger partial charge on any atom is -0.351 e. The van der Waals surface area contributed by atoms with Crippen molar-refractivity contribution in [3.63, 3.8) is 0 Å². The van der Waals surface area contributed by atoms with Crippen molar-refractivity contribution in [1.29, 1.82) is 0 Å². The summed E-state index contributed by atoms with van der Waals surface area (Å²) in [6.07, 6.45) is 12.7. The zero-order valence-corrected chi connectivity index (χ0v) is 12.1. The molecule has 0 aromatic rings. The van der Waals surface area contributed by atoms with Gasteiger partial charge in [0, 0.05) is 26.0 Å². The zero-order chi connectivity index (χ0) is 11.1. The summed E-state index contributed by atoms with van der Waals surface area (Å²) in [6, 6.07) is 0. The minimum atomic E-state index is 0.526. The maximum absolute atomic E-state index is 2.48. The van der Waals surface area contributed by atoms with E-state index in [0.29, 0.717) is 4.17 Å². The molecule has 1 atom stereocenters. The van der Waals surface area contributed by atoms with Gasteiger partial charge in [-0.3, -0.25) is 0 Å². The fourth-order valence-electron chi connectivity index (χ4n) is 1.82. The van der Waals surface area contributed by atoms with Gasteiger partial charge in [-0.15, -0.1) is 0 Å². The summed E-state index contributed by atoms with van der Waals surface area (Å²) in [7, 11) is 2.13. The first kappa shape index (κ1) is 13.1. The molecule has 0 saturated carbocycles. The Morgan fingerprint density at radius 1 is 1.07 bits per heavy atom. The molecule has 0 aliphatic carbocycles. The second-order valence-electron chi connectivity index (χ2n) is 4.28. The first-order valence-electron chi connectivity index (χ1n) is 6.05. The fraction of sp³-hybridized carbons (Fsp3) is 0.833. The normalized spacial score (nSPS) is 20.3. The molecule has 0 aromatic carbocycles. The molecule has 0 aromatic heterocycles. The maximum atomic E-state index is 2.48. The molecular formula is C12H23IN2. The Bertz CT molecular complexity index is 194. The Kier molecular flexibility index (Phi) is 6.45. The van der Waals surface area contributed by atoms with Crippen LogP contribution in [-0.4, -0.2) is 27.6 Å². The monoisotopic (exact) mass is 322 g/mol. The first-order chi connectivity index (χ1) is 7.25. The molecule has 2 nitrogen and oxygen atoms in total. The Balaban J connectivity index is 1.99. The number of alkyl halides is 1. The molecule has 1 rings (SSSR count). The number of nitrogens with zero attached hydrogens (tertiary/aromatic N) is 2. The van der Waals surface area contributed by atoms with Crippen LogP contribution in [0.15, 0.2) is 12.4 Å². The number of halogens is 1. The van der Waals surface area contributed by atoms with Crippen molar-refractivity contribution in [2.24, 2.45) is 0 Å². The Morgan fingerprint density at radius 3 is 2.33 bits per heavy atom. The van der Waals surface area contributed by atoms with E-state index in [1.807, 2.05) is 0 Å². The third kappa shape index (κ3) is 4.62. The topological polar surface area (TPSA) is 6.48 Å². The van der Waals surface area contributed by atoms with Gasteiger partial charge in [0.25, 0.3) is 0 Å². The fourth-order valence-corrected chi connectivity index (χ4v) is 2.47. The van der Waals surface area contributed by atoms with Gasteiger partial charge in [0.1, 0.15) is 0 Å². The molecule has 0 radical (unpaired) electrons. The molecule has 1 heterocycles. The zero-order valence-electron chi connectivity index (χ0n) is 9.95. The molecular weight excluding hydrogens is 299 g/mol. The van der Waals surface area contributed by atoms with E-state index in [4.69, 9.17) is 0 Å². The average molecular weight is 322 g/mol. The highest BCUT2D eigenvalue weighted by atomic mass is 127. The van der Waals surface area contributed by atoms with Crippen LogP contribution in [0.5, 0.6) is 0 Å². The van der Waals surface area contributed by atoms with Gasteiger partial charge in [-0.05, 0) is 29.0 Å². The first-order valence-corrected chi connectivity index (χ1v) is 7.30. The highest BCUT2D eigenvalue weighted by molar-refractivity contribution is 14.1. The highest BCUT2D eigenvalue weighted by Crippen LogP contribution is 2.20. The Hall–Kier alpha value is 0.0700. The predicted molar refractivity (Wildman–Crippen MR) is 74.8 cm³/mol. The molecule has 15 heavy (non-hydrogen) atoms. The van der Waals surface area contributed by atoms with E-state index in [2.05, 4.69) is 58.8 Å². The summed E-state index contributed by atoms with van der Waals surface area (Å²) in [6.45, 7) is 3.48. The second-order valence-corrected chi connectivity index (χ2v) is 5.39. The van der Waals surface area contributed by atoms with Gasteiger partial charge in [0.2, 0.25) is 0 Å². The smallest absolute Gasteiger partial charge is 0.154 e. The summed E-state index contributed by atoms with van der Waals surface area (Å²) in [4.78, 5) is 4.66. The van der Waals surface area contributed by atoms with Crippen LogP contribution in [-0.2, 0) is 0 Å². The van der Waals surface area contributed by atoms with Gasteiger partial charge in [-0.25, -0.2) is 0 Å². The van der Waals surface area contributed by atoms with Crippen LogP contribution in [0.1, 0.15) is 45.4 Å². The highest BCUT2D eigenvalue weighted by Gasteiger charge is 2.18. The van der Waals surface area contributed by atoms with Gasteiger partial charge >= 0.3 is 0 Å². The lowest BCUT2D eigenvalue weighted by molar-refractivity contribution is 0.272. The van der Waals surface area contributed by atoms with Gasteiger partial charge in [-0.2, -0.15) is 0 Å². The van der Waals surface area contributed by atoms with E-state index in [9.17, 15) is 0 Å². The molecule has 1 unspecified atom stereocenters. The van der Waals surface area contributed by atoms with E-state index in [0.717, 1.165) is 0 Å². The van der Waals surface area contributed by atoms with Crippen LogP contribution < -0.4 is 0 Å². The lowest BCUT2D eigenvalue weighted by Gasteiger charge is -2.25. The minimum absolute atomic E-state index is 0.526. The van der Waals surface area contributed by atoms with Gasteiger partial charge in [0.05, 0.1) is 0 Å². The molecule has 0 saturated heterocycles. The summed E-state index contributed by atoms with van der Waals surface area (Å²) < 4.78 is 0.526. The van der Waals surface area contributed by atoms with Crippen molar-refractivity contribution < 1.29 is 0 Å². The molecule has 0 N–H and O–H groups in total. The van der Waals surface area contributed by atoms with Crippen LogP contribution in [0.25, 0.3) is 0 Å². The molecule has 3 heteroatoms. The largest absolute Gasteiger partial charge is 0.351 e. The summed E-state index contributed by atoms with van der Waals surface area (Å²) in [5, 5.41) is 0. The lowest BCUT2D eigenvalue weighted by atomic mass is 10.1. The van der Waals surface area contributed by atoms with Gasteiger partial charge < -0.3 is 9.80 Å². The molecule has 0 fully saturated rings. The van der Waals surface area contributed by atoms with E-state index in [1.54, 1.807) is 0 Å². The molecule has 88 valence electrons. The number of unbranched alkanes of at least 4 members (excludes halogenated alkanes) is 5. The molecule has 1 aliphatic rings. The predicted octanol–water partition coefficient (Wildman–Crippen LogP) is 3.78. The standard InChI is InChI=1S/C12H23IN2/c1-3-4-5-6-7-8-9-15-11-10-14(2)12(15)13/h10-12H,3-9H2,1-2H3. The van der Waals surface area contributed by atoms with Gasteiger partial charge in [-0.1, -0.05) is 39.0 Å². The Labute approximate surface area is 108 Å². The average Bonchev–Trinajstić information content (AvgIpc) is 2.54. The maximum Gasteiger partial charge on any atom is 0.154 e. The quantitative estimate of drug-likeness (QED) is 0.305. The van der Waals surface area contributed by atoms with Crippen molar-refractivity contribution in [1.82, 2.24) is 9.80 Å². The lowest BCUT2D eigenvalue weighted by Crippen LogP contribution is -2.31. The van der Waals surface area contributed by atoms with Crippen LogP contribution in [0.2, 0.25) is 0 Å². The molecule has 0 spiro atoms. The van der Waals surface area contributed by atoms with E-state index in [1.165, 1.54) is 45.1 Å².